The number of rotatable bonds is 9. The van der Waals surface area contributed by atoms with Gasteiger partial charge in [-0.3, -0.25) is 29.5 Å². The number of carbonyl (C=O) groups is 4. The Balaban J connectivity index is 0.757. The van der Waals surface area contributed by atoms with Crippen LogP contribution in [-0.4, -0.2) is 101 Å². The summed E-state index contributed by atoms with van der Waals surface area (Å²) in [4.78, 5) is 66.5. The molecule has 2 bridgehead atoms. The number of pyridine rings is 1. The summed E-state index contributed by atoms with van der Waals surface area (Å²) in [5.41, 5.74) is 8.34. The molecule has 7 heterocycles. The number of ether oxygens (including phenoxy) is 1. The van der Waals surface area contributed by atoms with E-state index >= 15 is 0 Å². The van der Waals surface area contributed by atoms with Crippen molar-refractivity contribution in [1.82, 2.24) is 35.6 Å². The predicted octanol–water partition coefficient (Wildman–Crippen LogP) is 4.38. The fourth-order valence-electron chi connectivity index (χ4n) is 9.33. The van der Waals surface area contributed by atoms with Crippen molar-refractivity contribution in [2.24, 2.45) is 23.9 Å². The second-order valence-corrected chi connectivity index (χ2v) is 17.3. The van der Waals surface area contributed by atoms with Crippen LogP contribution in [0.4, 0.5) is 17.1 Å². The molecule has 62 heavy (non-hydrogen) atoms. The van der Waals surface area contributed by atoms with Crippen molar-refractivity contribution < 1.29 is 23.9 Å². The first-order valence-corrected chi connectivity index (χ1v) is 22.0. The molecule has 4 aromatic rings. The highest BCUT2D eigenvalue weighted by Crippen LogP contribution is 2.36. The third-order valence-corrected chi connectivity index (χ3v) is 12.7. The SMILES string of the molecule is Cc1cc2cc(n1)-c1cnn(C)c1OCCC[C@@H](C)CN1/C(=N/C2=O)Nc2ccc(CNCCNCC3CCN(c4ccc5c(c4)CN(C4CCC(=O)NC4=O)C5=O)CC3)cc21. The van der Waals surface area contributed by atoms with Crippen LogP contribution < -0.4 is 35.8 Å². The number of nitrogens with one attached hydrogen (secondary N) is 4. The van der Waals surface area contributed by atoms with Gasteiger partial charge in [0.1, 0.15) is 6.04 Å². The van der Waals surface area contributed by atoms with Gasteiger partial charge in [0.2, 0.25) is 23.7 Å². The second kappa shape index (κ2) is 17.7. The van der Waals surface area contributed by atoms with Crippen molar-refractivity contribution in [3.8, 4) is 17.1 Å². The number of aryl methyl sites for hydroxylation is 2. The number of piperidine rings is 2. The van der Waals surface area contributed by atoms with Gasteiger partial charge in [0.25, 0.3) is 11.8 Å². The molecule has 0 radical (unpaired) electrons. The number of guanidine groups is 1. The molecular weight excluding hydrogens is 787 g/mol. The number of nitrogens with zero attached hydrogens (tertiary/aromatic N) is 7. The van der Waals surface area contributed by atoms with Crippen LogP contribution in [-0.2, 0) is 29.7 Å². The molecule has 5 aliphatic heterocycles. The van der Waals surface area contributed by atoms with Crippen LogP contribution in [0.5, 0.6) is 5.88 Å². The van der Waals surface area contributed by atoms with Gasteiger partial charge in [-0.2, -0.15) is 10.1 Å². The molecule has 0 aliphatic carbocycles. The number of fused-ring (bicyclic) bond motifs is 8. The van der Waals surface area contributed by atoms with E-state index in [1.165, 1.54) is 0 Å². The first kappa shape index (κ1) is 41.2. The number of hydrogen-bond donors (Lipinski definition) is 4. The number of imide groups is 1. The normalized spacial score (nSPS) is 21.5. The van der Waals surface area contributed by atoms with E-state index in [1.807, 2.05) is 26.1 Å². The third-order valence-electron chi connectivity index (χ3n) is 12.7. The second-order valence-electron chi connectivity index (χ2n) is 17.3. The van der Waals surface area contributed by atoms with Gasteiger partial charge in [-0.1, -0.05) is 13.0 Å². The maximum atomic E-state index is 13.8. The molecule has 2 fully saturated rings. The minimum Gasteiger partial charge on any atom is -0.477 e. The highest BCUT2D eigenvalue weighted by Gasteiger charge is 2.39. The molecule has 5 aliphatic rings. The Labute approximate surface area is 361 Å². The molecule has 0 spiro atoms. The minimum absolute atomic E-state index is 0.139. The van der Waals surface area contributed by atoms with Crippen LogP contribution in [0, 0.1) is 18.8 Å². The zero-order chi connectivity index (χ0) is 42.9. The summed E-state index contributed by atoms with van der Waals surface area (Å²) < 4.78 is 7.95. The molecule has 4 N–H and O–H groups in total. The molecule has 2 saturated heterocycles. The highest BCUT2D eigenvalue weighted by molar-refractivity contribution is 6.19. The van der Waals surface area contributed by atoms with E-state index in [2.05, 4.69) is 72.3 Å². The molecule has 2 aromatic carbocycles. The van der Waals surface area contributed by atoms with Crippen LogP contribution in [0.15, 0.2) is 59.7 Å². The molecule has 16 nitrogen and oxygen atoms in total. The van der Waals surface area contributed by atoms with Crippen molar-refractivity contribution in [2.45, 2.75) is 71.5 Å². The molecule has 2 aromatic heterocycles. The van der Waals surface area contributed by atoms with Crippen molar-refractivity contribution in [2.75, 3.05) is 61.0 Å². The number of anilines is 3. The summed E-state index contributed by atoms with van der Waals surface area (Å²) in [5, 5.41) is 17.5. The first-order chi connectivity index (χ1) is 30.1. The smallest absolute Gasteiger partial charge is 0.280 e. The zero-order valence-corrected chi connectivity index (χ0v) is 35.7. The molecular formula is C46H55N11O5. The van der Waals surface area contributed by atoms with Crippen LogP contribution in [0.3, 0.4) is 0 Å². The van der Waals surface area contributed by atoms with Gasteiger partial charge in [0.05, 0.1) is 35.4 Å². The number of aromatic nitrogens is 3. The van der Waals surface area contributed by atoms with Crippen molar-refractivity contribution in [1.29, 1.82) is 0 Å². The van der Waals surface area contributed by atoms with Gasteiger partial charge in [0, 0.05) is 81.8 Å². The lowest BCUT2D eigenvalue weighted by Gasteiger charge is -2.34. The lowest BCUT2D eigenvalue weighted by Crippen LogP contribution is -2.52. The highest BCUT2D eigenvalue weighted by atomic mass is 16.5. The molecule has 324 valence electrons. The molecule has 1 unspecified atom stereocenters. The van der Waals surface area contributed by atoms with E-state index in [1.54, 1.807) is 27.9 Å². The maximum absolute atomic E-state index is 13.8. The van der Waals surface area contributed by atoms with E-state index in [0.717, 1.165) is 92.2 Å². The number of aliphatic imine (C=N–C) groups is 1. The summed E-state index contributed by atoms with van der Waals surface area (Å²) in [6.45, 7) is 11.0. The average Bonchev–Trinajstić information content (AvgIpc) is 3.91. The van der Waals surface area contributed by atoms with E-state index in [4.69, 9.17) is 9.72 Å². The molecule has 16 heteroatoms. The number of carbonyl (C=O) groups excluding carboxylic acids is 4. The monoisotopic (exact) mass is 841 g/mol. The fraction of sp³-hybridized carbons (Fsp3) is 0.457. The van der Waals surface area contributed by atoms with Crippen molar-refractivity contribution in [3.63, 3.8) is 0 Å². The summed E-state index contributed by atoms with van der Waals surface area (Å²) in [7, 11) is 1.85. The van der Waals surface area contributed by atoms with Gasteiger partial charge in [-0.15, -0.1) is 0 Å². The zero-order valence-electron chi connectivity index (χ0n) is 35.7. The van der Waals surface area contributed by atoms with E-state index < -0.39 is 6.04 Å². The Bertz CT molecular complexity index is 2420. The predicted molar refractivity (Wildman–Crippen MR) is 236 cm³/mol. The van der Waals surface area contributed by atoms with Crippen LogP contribution in [0.25, 0.3) is 11.3 Å². The summed E-state index contributed by atoms with van der Waals surface area (Å²) in [6, 6.07) is 15.3. The van der Waals surface area contributed by atoms with E-state index in [0.29, 0.717) is 78.9 Å². The van der Waals surface area contributed by atoms with E-state index in [-0.39, 0.29) is 30.0 Å². The van der Waals surface area contributed by atoms with Crippen LogP contribution in [0.2, 0.25) is 0 Å². The lowest BCUT2D eigenvalue weighted by molar-refractivity contribution is -0.136. The summed E-state index contributed by atoms with van der Waals surface area (Å²) >= 11 is 0. The Morgan fingerprint density at radius 2 is 1.76 bits per heavy atom. The Morgan fingerprint density at radius 1 is 0.919 bits per heavy atom. The van der Waals surface area contributed by atoms with Gasteiger partial charge in [-0.05, 0) is 111 Å². The van der Waals surface area contributed by atoms with Crippen LogP contribution >= 0.6 is 0 Å². The molecule has 9 rings (SSSR count). The average molecular weight is 842 g/mol. The standard InChI is InChI=1S/C46H55N11O5/c1-28-5-4-18-62-45-36(25-49-54(45)3)38-22-32(19-29(2)50-38)42(59)53-46-51-37-9-6-31(20-40(37)57(46)26-28)24-48-15-14-47-23-30-12-16-55(17-13-30)34-7-8-35-33(21-34)27-56(44(35)61)39-10-11-41(58)52-43(39)60/h6-9,19-22,25,28,30,39,47-48H,4-5,10-18,23-24,26-27H2,1-3H3,(H,51,53,59)(H,52,58,60)/t28-,39?/m1/s1. The van der Waals surface area contributed by atoms with E-state index in [9.17, 15) is 19.2 Å². The number of hydrogen-bond acceptors (Lipinski definition) is 12. The topological polar surface area (TPSA) is 178 Å². The first-order valence-electron chi connectivity index (χ1n) is 22.0. The van der Waals surface area contributed by atoms with Crippen molar-refractivity contribution in [3.05, 3.63) is 82.7 Å². The van der Waals surface area contributed by atoms with Crippen molar-refractivity contribution >= 4 is 46.7 Å². The number of amides is 4. The largest absolute Gasteiger partial charge is 0.477 e. The molecule has 4 amide bonds. The Morgan fingerprint density at radius 3 is 2.60 bits per heavy atom. The van der Waals surface area contributed by atoms with Gasteiger partial charge in [-0.25, -0.2) is 4.68 Å². The fourth-order valence-corrected chi connectivity index (χ4v) is 9.33. The molecule has 2 atom stereocenters. The summed E-state index contributed by atoms with van der Waals surface area (Å²) in [6.07, 6.45) is 6.31. The Kier molecular flexibility index (Phi) is 11.8. The van der Waals surface area contributed by atoms with Gasteiger partial charge >= 0.3 is 0 Å². The van der Waals surface area contributed by atoms with Gasteiger partial charge in [0.15, 0.2) is 0 Å². The number of benzene rings is 2. The summed E-state index contributed by atoms with van der Waals surface area (Å²) in [5.74, 6) is 0.914. The van der Waals surface area contributed by atoms with Gasteiger partial charge < -0.3 is 35.4 Å². The quantitative estimate of drug-likeness (QED) is 0.138. The minimum atomic E-state index is -0.602. The Hall–Kier alpha value is -6.13. The lowest BCUT2D eigenvalue weighted by atomic mass is 9.96. The molecule has 0 saturated carbocycles. The van der Waals surface area contributed by atoms with Crippen LogP contribution in [0.1, 0.15) is 83.0 Å². The maximum Gasteiger partial charge on any atom is 0.280 e. The third kappa shape index (κ3) is 8.66.